The molecule has 0 bridgehead atoms. The Morgan fingerprint density at radius 1 is 1.89 bits per heavy atom. The van der Waals surface area contributed by atoms with E-state index >= 15 is 0 Å². The topological polar surface area (TPSA) is 25.8 Å². The third-order valence-electron chi connectivity index (χ3n) is 0.884. The van der Waals surface area contributed by atoms with Gasteiger partial charge in [0.25, 0.3) is 0 Å². The van der Waals surface area contributed by atoms with Crippen molar-refractivity contribution in [2.24, 2.45) is 0 Å². The molecule has 4 heteroatoms. The summed E-state index contributed by atoms with van der Waals surface area (Å²) in [6.45, 7) is 3.77. The van der Waals surface area contributed by atoms with Gasteiger partial charge in [0, 0.05) is 10.7 Å². The molecule has 0 spiro atoms. The zero-order valence-electron chi connectivity index (χ0n) is 4.67. The highest BCUT2D eigenvalue weighted by molar-refractivity contribution is 9.09. The maximum atomic E-state index is 3.83. The molecule has 1 rings (SSSR count). The molecule has 0 fully saturated rings. The molecule has 2 nitrogen and oxygen atoms in total. The van der Waals surface area contributed by atoms with E-state index in [0.717, 1.165) is 16.6 Å². The van der Waals surface area contributed by atoms with Gasteiger partial charge in [-0.2, -0.15) is 0 Å². The van der Waals surface area contributed by atoms with Crippen LogP contribution in [0.5, 0.6) is 0 Å². The smallest absolute Gasteiger partial charge is 0.102 e. The van der Waals surface area contributed by atoms with Crippen LogP contribution in [0.4, 0.5) is 0 Å². The maximum absolute atomic E-state index is 3.83. The molecule has 0 aromatic carbocycles. The molecule has 0 aliphatic heterocycles. The van der Waals surface area contributed by atoms with Crippen molar-refractivity contribution in [3.63, 3.8) is 0 Å². The largest absolute Gasteiger partial charge is 0.138 e. The van der Waals surface area contributed by atoms with E-state index in [0.29, 0.717) is 0 Å². The molecule has 0 aliphatic carbocycles. The second-order valence-corrected chi connectivity index (χ2v) is 2.70. The first-order valence-corrected chi connectivity index (χ1v) is 4.31. The zero-order valence-corrected chi connectivity index (χ0v) is 7.07. The minimum atomic E-state index is 0.762. The van der Waals surface area contributed by atoms with Crippen LogP contribution in [0, 0.1) is 0 Å². The summed E-state index contributed by atoms with van der Waals surface area (Å²) in [6, 6.07) is 0. The van der Waals surface area contributed by atoms with Crippen LogP contribution in [0.1, 0.15) is 5.69 Å². The van der Waals surface area contributed by atoms with Gasteiger partial charge in [0.2, 0.25) is 0 Å². The Labute approximate surface area is 65.9 Å². The van der Waals surface area contributed by atoms with Gasteiger partial charge in [0.05, 0.1) is 0 Å². The first kappa shape index (κ1) is 6.89. The van der Waals surface area contributed by atoms with E-state index in [4.69, 9.17) is 0 Å². The van der Waals surface area contributed by atoms with Crippen LogP contribution in [0.25, 0.3) is 5.57 Å². The molecule has 0 unspecified atom stereocenters. The normalized spacial score (nSPS) is 9.44. The number of nitrogens with zero attached hydrogens (tertiary/aromatic N) is 2. The summed E-state index contributed by atoms with van der Waals surface area (Å²) in [7, 11) is 0. The summed E-state index contributed by atoms with van der Waals surface area (Å²) in [5, 5.41) is 6.47. The molecule has 48 valence electrons. The van der Waals surface area contributed by atoms with Crippen molar-refractivity contribution in [1.82, 2.24) is 9.59 Å². The van der Waals surface area contributed by atoms with E-state index in [9.17, 15) is 0 Å². The molecule has 0 aliphatic rings. The number of hydrogen-bond acceptors (Lipinski definition) is 3. The van der Waals surface area contributed by atoms with E-state index in [2.05, 4.69) is 32.1 Å². The second kappa shape index (κ2) is 3.08. The Morgan fingerprint density at radius 2 is 2.67 bits per heavy atom. The third-order valence-corrected chi connectivity index (χ3v) is 2.07. The standard InChI is InChI=1S/C5H5BrN2S/c1-4(2-6)5-3-9-8-7-5/h3H,1-2H2. The molecule has 1 aromatic heterocycles. The monoisotopic (exact) mass is 204 g/mol. The average Bonchev–Trinajstić information content (AvgIpc) is 2.37. The second-order valence-electron chi connectivity index (χ2n) is 1.53. The van der Waals surface area contributed by atoms with Gasteiger partial charge >= 0.3 is 0 Å². The minimum absolute atomic E-state index is 0.762. The lowest BCUT2D eigenvalue weighted by Crippen LogP contribution is -1.82. The van der Waals surface area contributed by atoms with Crippen molar-refractivity contribution in [2.75, 3.05) is 5.33 Å². The molecule has 0 amide bonds. The first-order valence-electron chi connectivity index (χ1n) is 2.35. The Bertz CT molecular complexity index is 195. The average molecular weight is 205 g/mol. The van der Waals surface area contributed by atoms with Crippen molar-refractivity contribution < 1.29 is 0 Å². The summed E-state index contributed by atoms with van der Waals surface area (Å²) < 4.78 is 3.70. The molecule has 0 radical (unpaired) electrons. The summed E-state index contributed by atoms with van der Waals surface area (Å²) >= 11 is 4.61. The summed E-state index contributed by atoms with van der Waals surface area (Å²) in [5.41, 5.74) is 1.86. The van der Waals surface area contributed by atoms with Crippen molar-refractivity contribution in [3.8, 4) is 0 Å². The minimum Gasteiger partial charge on any atom is -0.138 e. The van der Waals surface area contributed by atoms with Crippen LogP contribution in [0.2, 0.25) is 0 Å². The van der Waals surface area contributed by atoms with Gasteiger partial charge in [0.15, 0.2) is 0 Å². The van der Waals surface area contributed by atoms with Gasteiger partial charge in [-0.05, 0) is 17.1 Å². The molecule has 0 N–H and O–H groups in total. The highest BCUT2D eigenvalue weighted by Crippen LogP contribution is 2.11. The molecule has 9 heavy (non-hydrogen) atoms. The number of rotatable bonds is 2. The van der Waals surface area contributed by atoms with E-state index in [1.54, 1.807) is 0 Å². The highest BCUT2D eigenvalue weighted by Gasteiger charge is 1.97. The fourth-order valence-electron chi connectivity index (χ4n) is 0.387. The lowest BCUT2D eigenvalue weighted by molar-refractivity contribution is 1.13. The SMILES string of the molecule is C=C(CBr)c1csnn1. The molecule has 0 saturated carbocycles. The fourth-order valence-corrected chi connectivity index (χ4v) is 1.17. The van der Waals surface area contributed by atoms with Crippen molar-refractivity contribution >= 4 is 33.0 Å². The van der Waals surface area contributed by atoms with Crippen LogP contribution in [0.15, 0.2) is 12.0 Å². The molecule has 0 saturated heterocycles. The van der Waals surface area contributed by atoms with Gasteiger partial charge in [-0.1, -0.05) is 27.0 Å². The quantitative estimate of drug-likeness (QED) is 0.689. The van der Waals surface area contributed by atoms with Crippen LogP contribution >= 0.6 is 27.5 Å². The van der Waals surface area contributed by atoms with E-state index in [1.807, 2.05) is 5.38 Å². The van der Waals surface area contributed by atoms with E-state index < -0.39 is 0 Å². The lowest BCUT2D eigenvalue weighted by atomic mass is 10.3. The van der Waals surface area contributed by atoms with Gasteiger partial charge in [-0.3, -0.25) is 0 Å². The molecule has 1 heterocycles. The summed E-state index contributed by atoms with van der Waals surface area (Å²) in [4.78, 5) is 0. The van der Waals surface area contributed by atoms with Crippen molar-refractivity contribution in [3.05, 3.63) is 17.7 Å². The maximum Gasteiger partial charge on any atom is 0.102 e. The number of alkyl halides is 1. The fraction of sp³-hybridized carbons (Fsp3) is 0.200. The van der Waals surface area contributed by atoms with Crippen LogP contribution in [0.3, 0.4) is 0 Å². The predicted molar refractivity (Wildman–Crippen MR) is 42.7 cm³/mol. The predicted octanol–water partition coefficient (Wildman–Crippen LogP) is 1.95. The van der Waals surface area contributed by atoms with E-state index in [-0.39, 0.29) is 0 Å². The van der Waals surface area contributed by atoms with Crippen LogP contribution in [-0.4, -0.2) is 14.9 Å². The Morgan fingerprint density at radius 3 is 3.11 bits per heavy atom. The number of aromatic nitrogens is 2. The van der Waals surface area contributed by atoms with Gasteiger partial charge < -0.3 is 0 Å². The zero-order chi connectivity index (χ0) is 6.69. The van der Waals surface area contributed by atoms with Crippen molar-refractivity contribution in [1.29, 1.82) is 0 Å². The summed E-state index contributed by atoms with van der Waals surface area (Å²) in [6.07, 6.45) is 0. The molecular weight excluding hydrogens is 200 g/mol. The van der Waals surface area contributed by atoms with Gasteiger partial charge in [0.1, 0.15) is 5.69 Å². The third kappa shape index (κ3) is 1.59. The first-order chi connectivity index (χ1) is 4.34. The Kier molecular flexibility index (Phi) is 2.36. The Hall–Kier alpha value is -0.220. The van der Waals surface area contributed by atoms with E-state index in [1.165, 1.54) is 11.5 Å². The van der Waals surface area contributed by atoms with Crippen LogP contribution in [-0.2, 0) is 0 Å². The molecule has 1 aromatic rings. The Balaban J connectivity index is 2.77. The lowest BCUT2D eigenvalue weighted by Gasteiger charge is -1.89. The highest BCUT2D eigenvalue weighted by atomic mass is 79.9. The van der Waals surface area contributed by atoms with Gasteiger partial charge in [-0.25, -0.2) is 0 Å². The molecular formula is C5H5BrN2S. The molecule has 0 atom stereocenters. The number of allylic oxidation sites excluding steroid dienone is 1. The van der Waals surface area contributed by atoms with Crippen LogP contribution < -0.4 is 0 Å². The number of hydrogen-bond donors (Lipinski definition) is 0. The number of halogens is 1. The summed E-state index contributed by atoms with van der Waals surface area (Å²) in [5.74, 6) is 0. The van der Waals surface area contributed by atoms with Crippen molar-refractivity contribution in [2.45, 2.75) is 0 Å². The van der Waals surface area contributed by atoms with Gasteiger partial charge in [-0.15, -0.1) is 5.10 Å².